The van der Waals surface area contributed by atoms with E-state index in [0.29, 0.717) is 6.42 Å². The van der Waals surface area contributed by atoms with Crippen molar-refractivity contribution in [3.8, 4) is 0 Å². The molecule has 0 aliphatic rings. The lowest BCUT2D eigenvalue weighted by molar-refractivity contribution is -0.177. The van der Waals surface area contributed by atoms with Crippen LogP contribution in [0.2, 0.25) is 0 Å². The molecule has 3 heteroatoms. The smallest absolute Gasteiger partial charge is 0.304 e. The van der Waals surface area contributed by atoms with E-state index in [-0.39, 0.29) is 11.4 Å². The Kier molecular flexibility index (Phi) is 5.29. The molecule has 15 heavy (non-hydrogen) atoms. The summed E-state index contributed by atoms with van der Waals surface area (Å²) >= 11 is 0. The third-order valence-corrected chi connectivity index (χ3v) is 3.78. The molecular weight excluding hydrogens is 190 g/mol. The standard InChI is InChI=1S/C12H25NO2/c1-6-11(7-2,8-3)12(13,9-4)15-10(5)14/h6-9,13H2,1-5H3. The van der Waals surface area contributed by atoms with Gasteiger partial charge in [0.05, 0.1) is 0 Å². The highest BCUT2D eigenvalue weighted by atomic mass is 16.6. The Hall–Kier alpha value is -0.570. The summed E-state index contributed by atoms with van der Waals surface area (Å²) in [6.45, 7) is 9.71. The van der Waals surface area contributed by atoms with Crippen LogP contribution in [0.25, 0.3) is 0 Å². The summed E-state index contributed by atoms with van der Waals surface area (Å²) in [6, 6.07) is 0. The van der Waals surface area contributed by atoms with Crippen molar-refractivity contribution in [2.24, 2.45) is 11.1 Å². The lowest BCUT2D eigenvalue weighted by Crippen LogP contribution is -2.57. The molecule has 0 fully saturated rings. The number of nitrogens with two attached hydrogens (primary N) is 1. The molecule has 1 atom stereocenters. The highest BCUT2D eigenvalue weighted by molar-refractivity contribution is 5.66. The molecule has 3 nitrogen and oxygen atoms in total. The van der Waals surface area contributed by atoms with Gasteiger partial charge < -0.3 is 4.74 Å². The summed E-state index contributed by atoms with van der Waals surface area (Å²) < 4.78 is 5.36. The topological polar surface area (TPSA) is 52.3 Å². The van der Waals surface area contributed by atoms with Crippen molar-refractivity contribution in [3.63, 3.8) is 0 Å². The number of carbonyl (C=O) groups is 1. The molecular formula is C12H25NO2. The van der Waals surface area contributed by atoms with E-state index in [4.69, 9.17) is 10.5 Å². The van der Waals surface area contributed by atoms with Gasteiger partial charge in [-0.05, 0) is 25.7 Å². The van der Waals surface area contributed by atoms with Crippen molar-refractivity contribution >= 4 is 5.97 Å². The summed E-state index contributed by atoms with van der Waals surface area (Å²) in [5.41, 5.74) is 5.34. The molecule has 90 valence electrons. The highest BCUT2D eigenvalue weighted by Gasteiger charge is 2.46. The maximum atomic E-state index is 11.1. The van der Waals surface area contributed by atoms with Crippen molar-refractivity contribution in [1.29, 1.82) is 0 Å². The first kappa shape index (κ1) is 14.4. The number of hydrogen-bond donors (Lipinski definition) is 1. The fraction of sp³-hybridized carbons (Fsp3) is 0.917. The average Bonchev–Trinajstić information content (AvgIpc) is 2.20. The van der Waals surface area contributed by atoms with Gasteiger partial charge in [-0.25, -0.2) is 0 Å². The van der Waals surface area contributed by atoms with Crippen LogP contribution in [0.3, 0.4) is 0 Å². The summed E-state index contributed by atoms with van der Waals surface area (Å²) in [6.07, 6.45) is 3.44. The molecule has 0 saturated carbocycles. The van der Waals surface area contributed by atoms with Gasteiger partial charge in [-0.15, -0.1) is 0 Å². The SMILES string of the molecule is CCC(CC)(CC)C(N)(CC)OC(C)=O. The van der Waals surface area contributed by atoms with Gasteiger partial charge in [0.2, 0.25) is 0 Å². The predicted molar refractivity (Wildman–Crippen MR) is 62.3 cm³/mol. The van der Waals surface area contributed by atoms with Crippen LogP contribution in [0.15, 0.2) is 0 Å². The Morgan fingerprint density at radius 2 is 1.47 bits per heavy atom. The molecule has 0 saturated heterocycles. The van der Waals surface area contributed by atoms with E-state index in [1.807, 2.05) is 6.92 Å². The summed E-state index contributed by atoms with van der Waals surface area (Å²) in [5.74, 6) is -0.293. The Labute approximate surface area is 93.4 Å². The fourth-order valence-electron chi connectivity index (χ4n) is 2.46. The summed E-state index contributed by atoms with van der Waals surface area (Å²) in [7, 11) is 0. The number of rotatable bonds is 6. The Morgan fingerprint density at radius 3 is 1.67 bits per heavy atom. The Balaban J connectivity index is 5.10. The van der Waals surface area contributed by atoms with Crippen molar-refractivity contribution in [3.05, 3.63) is 0 Å². The van der Waals surface area contributed by atoms with E-state index in [0.717, 1.165) is 19.3 Å². The van der Waals surface area contributed by atoms with Gasteiger partial charge in [0.1, 0.15) is 0 Å². The molecule has 0 aromatic heterocycles. The zero-order valence-electron chi connectivity index (χ0n) is 10.7. The second-order valence-electron chi connectivity index (χ2n) is 4.18. The lowest BCUT2D eigenvalue weighted by Gasteiger charge is -2.46. The minimum atomic E-state index is -0.822. The maximum Gasteiger partial charge on any atom is 0.304 e. The van der Waals surface area contributed by atoms with Crippen LogP contribution in [0, 0.1) is 5.41 Å². The molecule has 0 aliphatic carbocycles. The molecule has 2 N–H and O–H groups in total. The summed E-state index contributed by atoms with van der Waals surface area (Å²) in [5, 5.41) is 0. The van der Waals surface area contributed by atoms with Gasteiger partial charge >= 0.3 is 5.97 Å². The first-order valence-corrected chi connectivity index (χ1v) is 5.89. The monoisotopic (exact) mass is 215 g/mol. The van der Waals surface area contributed by atoms with Crippen LogP contribution in [-0.2, 0) is 9.53 Å². The van der Waals surface area contributed by atoms with Crippen LogP contribution in [0.4, 0.5) is 0 Å². The van der Waals surface area contributed by atoms with Crippen LogP contribution >= 0.6 is 0 Å². The number of carbonyl (C=O) groups excluding carboxylic acids is 1. The van der Waals surface area contributed by atoms with Crippen LogP contribution in [0.5, 0.6) is 0 Å². The van der Waals surface area contributed by atoms with Gasteiger partial charge in [0.25, 0.3) is 0 Å². The predicted octanol–water partition coefficient (Wildman–Crippen LogP) is 2.83. The van der Waals surface area contributed by atoms with Crippen LogP contribution < -0.4 is 5.73 Å². The second-order valence-corrected chi connectivity index (χ2v) is 4.18. The van der Waals surface area contributed by atoms with Gasteiger partial charge in [0.15, 0.2) is 5.72 Å². The highest BCUT2D eigenvalue weighted by Crippen LogP contribution is 2.42. The third-order valence-electron chi connectivity index (χ3n) is 3.78. The van der Waals surface area contributed by atoms with Crippen LogP contribution in [0.1, 0.15) is 60.3 Å². The first-order chi connectivity index (χ1) is 6.91. The minimum absolute atomic E-state index is 0.104. The Bertz CT molecular complexity index is 203. The van der Waals surface area contributed by atoms with E-state index in [1.54, 1.807) is 0 Å². The van der Waals surface area contributed by atoms with E-state index >= 15 is 0 Å². The zero-order valence-corrected chi connectivity index (χ0v) is 10.7. The van der Waals surface area contributed by atoms with E-state index in [2.05, 4.69) is 20.8 Å². The van der Waals surface area contributed by atoms with E-state index < -0.39 is 5.72 Å². The molecule has 1 unspecified atom stereocenters. The second kappa shape index (κ2) is 5.50. The van der Waals surface area contributed by atoms with Gasteiger partial charge in [0, 0.05) is 12.3 Å². The molecule has 0 rings (SSSR count). The van der Waals surface area contributed by atoms with Crippen molar-refractivity contribution in [2.75, 3.05) is 0 Å². The van der Waals surface area contributed by atoms with E-state index in [1.165, 1.54) is 6.92 Å². The normalized spacial score (nSPS) is 15.9. The van der Waals surface area contributed by atoms with Crippen molar-refractivity contribution in [2.45, 2.75) is 66.0 Å². The number of ether oxygens (including phenoxy) is 1. The van der Waals surface area contributed by atoms with Crippen molar-refractivity contribution < 1.29 is 9.53 Å². The van der Waals surface area contributed by atoms with Crippen molar-refractivity contribution in [1.82, 2.24) is 0 Å². The molecule has 0 spiro atoms. The average molecular weight is 215 g/mol. The molecule has 0 radical (unpaired) electrons. The molecule has 0 aromatic rings. The minimum Gasteiger partial charge on any atom is -0.444 e. The lowest BCUT2D eigenvalue weighted by atomic mass is 9.70. The number of hydrogen-bond acceptors (Lipinski definition) is 3. The van der Waals surface area contributed by atoms with E-state index in [9.17, 15) is 4.79 Å². The molecule has 0 aromatic carbocycles. The van der Waals surface area contributed by atoms with Gasteiger partial charge in [-0.2, -0.15) is 0 Å². The molecule has 0 aliphatic heterocycles. The summed E-state index contributed by atoms with van der Waals surface area (Å²) in [4.78, 5) is 11.1. The quantitative estimate of drug-likeness (QED) is 0.547. The van der Waals surface area contributed by atoms with Gasteiger partial charge in [-0.1, -0.05) is 27.7 Å². The Morgan fingerprint density at radius 1 is 1.07 bits per heavy atom. The number of esters is 1. The maximum absolute atomic E-state index is 11.1. The molecule has 0 heterocycles. The zero-order chi connectivity index (χ0) is 12.1. The largest absolute Gasteiger partial charge is 0.444 e. The molecule has 0 bridgehead atoms. The molecule has 0 amide bonds. The first-order valence-electron chi connectivity index (χ1n) is 5.89. The fourth-order valence-corrected chi connectivity index (χ4v) is 2.46. The third kappa shape index (κ3) is 2.71. The van der Waals surface area contributed by atoms with Gasteiger partial charge in [-0.3, -0.25) is 10.5 Å². The van der Waals surface area contributed by atoms with Crippen LogP contribution in [-0.4, -0.2) is 11.7 Å².